The van der Waals surface area contributed by atoms with E-state index in [1.165, 1.54) is 42.7 Å². The number of hydrogen-bond donors (Lipinski definition) is 4. The monoisotopic (exact) mass is 533 g/mol. The van der Waals surface area contributed by atoms with Gasteiger partial charge in [-0.3, -0.25) is 0 Å². The van der Waals surface area contributed by atoms with Crippen LogP contribution in [0.25, 0.3) is 6.08 Å². The summed E-state index contributed by atoms with van der Waals surface area (Å²) in [4.78, 5) is 26.9. The summed E-state index contributed by atoms with van der Waals surface area (Å²) in [7, 11) is 0. The third-order valence-corrected chi connectivity index (χ3v) is 5.61. The van der Waals surface area contributed by atoms with E-state index in [-0.39, 0.29) is 29.0 Å². The number of carboxylic acid groups (broad SMARTS) is 1. The second kappa shape index (κ2) is 13.0. The van der Waals surface area contributed by atoms with Crippen LogP contribution in [0, 0.1) is 5.82 Å². The Morgan fingerprint density at radius 2 is 1.72 bits per heavy atom. The largest absolute Gasteiger partial charge is 0.507 e. The lowest BCUT2D eigenvalue weighted by Crippen LogP contribution is -2.31. The van der Waals surface area contributed by atoms with E-state index in [0.29, 0.717) is 23.2 Å². The van der Waals surface area contributed by atoms with Crippen molar-refractivity contribution in [3.63, 3.8) is 0 Å². The van der Waals surface area contributed by atoms with Gasteiger partial charge in [0.1, 0.15) is 28.7 Å². The molecule has 0 saturated carbocycles. The quantitative estimate of drug-likeness (QED) is 0.0892. The highest BCUT2D eigenvalue weighted by Gasteiger charge is 2.16. The molecular weight excluding hydrogens is 505 g/mol. The number of aliphatic carboxylic acids is 1. The van der Waals surface area contributed by atoms with Gasteiger partial charge in [-0.05, 0) is 80.8 Å². The third-order valence-electron chi connectivity index (χ3n) is 5.61. The summed E-state index contributed by atoms with van der Waals surface area (Å²) < 4.78 is 18.9. The van der Waals surface area contributed by atoms with Gasteiger partial charge in [0.05, 0.1) is 6.21 Å². The van der Waals surface area contributed by atoms with Gasteiger partial charge in [-0.25, -0.2) is 14.6 Å². The Kier molecular flexibility index (Phi) is 9.01. The van der Waals surface area contributed by atoms with Crippen LogP contribution in [0.1, 0.15) is 37.7 Å². The SMILES string of the molecule is C\C=C/C(O)=C(\C=C\c1ccc(/C=N/Nc2nc(Nc3ccc(F)cc3)nc(N3CCCCC3)n2)o1)C(=O)O. The third kappa shape index (κ3) is 7.74. The summed E-state index contributed by atoms with van der Waals surface area (Å²) in [5, 5.41) is 26.4. The lowest BCUT2D eigenvalue weighted by molar-refractivity contribution is -0.132. The summed E-state index contributed by atoms with van der Waals surface area (Å²) in [5.41, 5.74) is 3.14. The van der Waals surface area contributed by atoms with Gasteiger partial charge in [0.25, 0.3) is 0 Å². The number of furan rings is 1. The number of nitrogens with one attached hydrogen (secondary N) is 2. The van der Waals surface area contributed by atoms with Crippen molar-refractivity contribution in [2.45, 2.75) is 26.2 Å². The number of aliphatic hydroxyl groups excluding tert-OH is 1. The zero-order chi connectivity index (χ0) is 27.6. The molecule has 0 spiro atoms. The van der Waals surface area contributed by atoms with Crippen molar-refractivity contribution >= 4 is 41.8 Å². The van der Waals surface area contributed by atoms with Gasteiger partial charge < -0.3 is 24.8 Å². The van der Waals surface area contributed by atoms with E-state index >= 15 is 0 Å². The average molecular weight is 534 g/mol. The molecule has 1 aliphatic heterocycles. The van der Waals surface area contributed by atoms with Crippen LogP contribution in [0.2, 0.25) is 0 Å². The molecule has 39 heavy (non-hydrogen) atoms. The zero-order valence-electron chi connectivity index (χ0n) is 21.2. The minimum atomic E-state index is -1.27. The summed E-state index contributed by atoms with van der Waals surface area (Å²) in [5.74, 6) is -0.248. The number of allylic oxidation sites excluding steroid dienone is 2. The lowest BCUT2D eigenvalue weighted by Gasteiger charge is -2.26. The molecule has 1 fully saturated rings. The topological polar surface area (TPSA) is 149 Å². The maximum atomic E-state index is 13.3. The number of aliphatic hydroxyl groups is 1. The lowest BCUT2D eigenvalue weighted by atomic mass is 10.1. The highest BCUT2D eigenvalue weighted by atomic mass is 19.1. The summed E-state index contributed by atoms with van der Waals surface area (Å²) in [6, 6.07) is 9.14. The maximum absolute atomic E-state index is 13.3. The van der Waals surface area contributed by atoms with Gasteiger partial charge in [-0.1, -0.05) is 6.08 Å². The van der Waals surface area contributed by atoms with E-state index < -0.39 is 5.97 Å². The smallest absolute Gasteiger partial charge is 0.339 e. The van der Waals surface area contributed by atoms with Crippen molar-refractivity contribution in [3.05, 3.63) is 83.3 Å². The number of anilines is 4. The molecule has 1 aliphatic rings. The number of piperidine rings is 1. The van der Waals surface area contributed by atoms with Gasteiger partial charge in [0, 0.05) is 18.8 Å². The van der Waals surface area contributed by atoms with Crippen molar-refractivity contribution in [2.24, 2.45) is 5.10 Å². The Morgan fingerprint density at radius 3 is 2.44 bits per heavy atom. The first kappa shape index (κ1) is 27.0. The van der Waals surface area contributed by atoms with Crippen LogP contribution < -0.4 is 15.6 Å². The van der Waals surface area contributed by atoms with Crippen LogP contribution >= 0.6 is 0 Å². The van der Waals surface area contributed by atoms with Crippen LogP contribution in [-0.2, 0) is 4.79 Å². The molecule has 0 radical (unpaired) electrons. The molecule has 0 aliphatic carbocycles. The van der Waals surface area contributed by atoms with Crippen molar-refractivity contribution in [1.29, 1.82) is 0 Å². The molecule has 1 aromatic carbocycles. The van der Waals surface area contributed by atoms with Gasteiger partial charge in [-0.15, -0.1) is 0 Å². The highest BCUT2D eigenvalue weighted by molar-refractivity contribution is 5.92. The van der Waals surface area contributed by atoms with E-state index in [9.17, 15) is 19.4 Å². The van der Waals surface area contributed by atoms with Gasteiger partial charge in [0.2, 0.25) is 17.8 Å². The summed E-state index contributed by atoms with van der Waals surface area (Å²) in [6.07, 6.45) is 10.2. The normalized spacial score (nSPS) is 14.8. The number of carbonyl (C=O) groups is 1. The van der Waals surface area contributed by atoms with E-state index in [1.807, 2.05) is 0 Å². The van der Waals surface area contributed by atoms with Crippen LogP contribution in [0.15, 0.2) is 75.5 Å². The molecule has 1 saturated heterocycles. The number of carboxylic acids is 1. The Labute approximate surface area is 224 Å². The number of aromatic nitrogens is 3. The highest BCUT2D eigenvalue weighted by Crippen LogP contribution is 2.21. The van der Waals surface area contributed by atoms with Gasteiger partial charge in [0.15, 0.2) is 0 Å². The molecule has 3 heterocycles. The minimum absolute atomic E-state index is 0.203. The van der Waals surface area contributed by atoms with Crippen molar-refractivity contribution < 1.29 is 23.8 Å². The number of benzene rings is 1. The second-order valence-corrected chi connectivity index (χ2v) is 8.51. The number of rotatable bonds is 10. The molecule has 12 heteroatoms. The summed E-state index contributed by atoms with van der Waals surface area (Å²) in [6.45, 7) is 3.33. The molecule has 202 valence electrons. The Balaban J connectivity index is 1.49. The molecule has 0 amide bonds. The molecule has 11 nitrogen and oxygen atoms in total. The van der Waals surface area contributed by atoms with E-state index in [0.717, 1.165) is 32.4 Å². The molecule has 4 N–H and O–H groups in total. The molecule has 2 aromatic heterocycles. The minimum Gasteiger partial charge on any atom is -0.507 e. The Bertz CT molecular complexity index is 1410. The van der Waals surface area contributed by atoms with E-state index in [1.54, 1.807) is 31.2 Å². The van der Waals surface area contributed by atoms with E-state index in [4.69, 9.17) is 4.42 Å². The molecule has 0 atom stereocenters. The van der Waals surface area contributed by atoms with E-state index in [2.05, 4.69) is 35.7 Å². The predicted octanol–water partition coefficient (Wildman–Crippen LogP) is 5.27. The fourth-order valence-corrected chi connectivity index (χ4v) is 3.73. The fourth-order valence-electron chi connectivity index (χ4n) is 3.73. The van der Waals surface area contributed by atoms with Crippen molar-refractivity contribution in [2.75, 3.05) is 28.7 Å². The first-order valence-electron chi connectivity index (χ1n) is 12.3. The summed E-state index contributed by atoms with van der Waals surface area (Å²) >= 11 is 0. The molecular formula is C27H28FN7O4. The molecule has 3 aromatic rings. The molecule has 0 bridgehead atoms. The number of halogens is 1. The molecule has 0 unspecified atom stereocenters. The second-order valence-electron chi connectivity index (χ2n) is 8.51. The van der Waals surface area contributed by atoms with Crippen molar-refractivity contribution in [1.82, 2.24) is 15.0 Å². The van der Waals surface area contributed by atoms with Gasteiger partial charge in [-0.2, -0.15) is 20.1 Å². The predicted molar refractivity (Wildman–Crippen MR) is 147 cm³/mol. The number of nitrogens with zero attached hydrogens (tertiary/aromatic N) is 5. The average Bonchev–Trinajstić information content (AvgIpc) is 3.38. The standard InChI is InChI=1S/C27H28FN7O4/c1-2-6-23(36)22(24(37)38)14-13-20-11-12-21(39-20)17-29-34-26-31-25(30-19-9-7-18(28)8-10-19)32-27(33-26)35-15-4-3-5-16-35/h2,6-14,17,36H,3-5,15-16H2,1H3,(H,37,38)(H2,30,31,32,33,34)/b6-2-,14-13+,23-22-,29-17+. The van der Waals surface area contributed by atoms with Crippen molar-refractivity contribution in [3.8, 4) is 0 Å². The van der Waals surface area contributed by atoms with Gasteiger partial charge >= 0.3 is 5.97 Å². The Hall–Kier alpha value is -5.00. The Morgan fingerprint density at radius 1 is 1.00 bits per heavy atom. The van der Waals surface area contributed by atoms with Crippen LogP contribution in [0.4, 0.5) is 27.9 Å². The number of hydrogen-bond acceptors (Lipinski definition) is 10. The fraction of sp³-hybridized carbons (Fsp3) is 0.222. The van der Waals surface area contributed by atoms with Crippen LogP contribution in [-0.4, -0.2) is 50.4 Å². The zero-order valence-corrected chi connectivity index (χ0v) is 21.2. The molecule has 4 rings (SSSR count). The van der Waals surface area contributed by atoms with Crippen LogP contribution in [0.3, 0.4) is 0 Å². The first-order valence-corrected chi connectivity index (χ1v) is 12.3. The van der Waals surface area contributed by atoms with Crippen LogP contribution in [0.5, 0.6) is 0 Å². The first-order chi connectivity index (χ1) is 18.9. The maximum Gasteiger partial charge on any atom is 0.339 e. The number of hydrazone groups is 1.